The number of hydrogen-bond donors (Lipinski definition) is 2. The zero-order valence-corrected chi connectivity index (χ0v) is 8.52. The summed E-state index contributed by atoms with van der Waals surface area (Å²) < 4.78 is 1.44. The third-order valence-corrected chi connectivity index (χ3v) is 2.10. The van der Waals surface area contributed by atoms with Crippen LogP contribution in [0.1, 0.15) is 12.7 Å². The van der Waals surface area contributed by atoms with E-state index in [0.717, 1.165) is 0 Å². The van der Waals surface area contributed by atoms with Crippen molar-refractivity contribution in [2.75, 3.05) is 5.73 Å². The molecule has 0 aliphatic heterocycles. The number of anilines is 1. The number of allylic oxidation sites excluding steroid dienone is 1. The van der Waals surface area contributed by atoms with Crippen molar-refractivity contribution < 1.29 is 5.11 Å². The lowest BCUT2D eigenvalue weighted by Gasteiger charge is -2.01. The van der Waals surface area contributed by atoms with Gasteiger partial charge in [-0.05, 0) is 12.5 Å². The first-order valence-corrected chi connectivity index (χ1v) is 4.35. The van der Waals surface area contributed by atoms with E-state index in [1.807, 2.05) is 0 Å². The van der Waals surface area contributed by atoms with Crippen molar-refractivity contribution in [1.82, 2.24) is 19.5 Å². The van der Waals surface area contributed by atoms with Gasteiger partial charge in [-0.25, -0.2) is 9.97 Å². The summed E-state index contributed by atoms with van der Waals surface area (Å²) in [4.78, 5) is 12.1. The summed E-state index contributed by atoms with van der Waals surface area (Å²) in [5.74, 6) is 0.705. The van der Waals surface area contributed by atoms with Crippen LogP contribution in [0, 0.1) is 0 Å². The predicted octanol–water partition coefficient (Wildman–Crippen LogP) is 0.684. The highest BCUT2D eigenvalue weighted by Gasteiger charge is 2.13. The topological polar surface area (TPSA) is 89.9 Å². The molecule has 2 aromatic rings. The van der Waals surface area contributed by atoms with E-state index in [0.29, 0.717) is 22.6 Å². The maximum atomic E-state index is 9.40. The predicted molar refractivity (Wildman–Crippen MR) is 57.1 cm³/mol. The van der Waals surface area contributed by atoms with Crippen LogP contribution in [0.5, 0.6) is 6.01 Å². The smallest absolute Gasteiger partial charge is 0.295 e. The Bertz CT molecular complexity index is 557. The van der Waals surface area contributed by atoms with Gasteiger partial charge in [-0.3, -0.25) is 4.57 Å². The Morgan fingerprint density at radius 3 is 2.67 bits per heavy atom. The fraction of sp³-hybridized carbons (Fsp3) is 0.222. The van der Waals surface area contributed by atoms with E-state index in [1.165, 1.54) is 4.57 Å². The maximum Gasteiger partial charge on any atom is 0.295 e. The van der Waals surface area contributed by atoms with E-state index in [4.69, 9.17) is 5.73 Å². The Hall–Kier alpha value is -2.11. The number of rotatable bonds is 1. The highest BCUT2D eigenvalue weighted by Crippen LogP contribution is 2.22. The second kappa shape index (κ2) is 2.94. The van der Waals surface area contributed by atoms with E-state index in [-0.39, 0.29) is 11.8 Å². The first-order chi connectivity index (χ1) is 7.00. The third-order valence-electron chi connectivity index (χ3n) is 2.10. The van der Waals surface area contributed by atoms with Crippen LogP contribution in [-0.4, -0.2) is 24.6 Å². The van der Waals surface area contributed by atoms with Crippen molar-refractivity contribution in [2.24, 2.45) is 7.05 Å². The monoisotopic (exact) mass is 205 g/mol. The number of aromatic hydroxyl groups is 1. The maximum absolute atomic E-state index is 9.40. The highest BCUT2D eigenvalue weighted by atomic mass is 16.3. The van der Waals surface area contributed by atoms with Gasteiger partial charge in [0.1, 0.15) is 0 Å². The van der Waals surface area contributed by atoms with Gasteiger partial charge in [0.05, 0.1) is 0 Å². The molecule has 0 saturated heterocycles. The van der Waals surface area contributed by atoms with Gasteiger partial charge < -0.3 is 10.8 Å². The Labute approximate surface area is 86.1 Å². The van der Waals surface area contributed by atoms with Gasteiger partial charge >= 0.3 is 0 Å². The van der Waals surface area contributed by atoms with Gasteiger partial charge in [0, 0.05) is 7.05 Å². The Morgan fingerprint density at radius 1 is 1.40 bits per heavy atom. The van der Waals surface area contributed by atoms with Crippen molar-refractivity contribution >= 4 is 22.6 Å². The molecule has 0 unspecified atom stereocenters. The molecular weight excluding hydrogens is 194 g/mol. The lowest BCUT2D eigenvalue weighted by molar-refractivity contribution is 0.415. The molecule has 0 saturated carbocycles. The van der Waals surface area contributed by atoms with Gasteiger partial charge in [-0.2, -0.15) is 4.98 Å². The zero-order chi connectivity index (χ0) is 11.2. The average molecular weight is 205 g/mol. The molecule has 2 aromatic heterocycles. The molecule has 2 rings (SSSR count). The molecule has 6 nitrogen and oxygen atoms in total. The van der Waals surface area contributed by atoms with Crippen LogP contribution in [0.3, 0.4) is 0 Å². The minimum atomic E-state index is -0.134. The van der Waals surface area contributed by atoms with Crippen molar-refractivity contribution in [3.63, 3.8) is 0 Å². The average Bonchev–Trinajstić information content (AvgIpc) is 2.45. The molecule has 6 heteroatoms. The molecule has 15 heavy (non-hydrogen) atoms. The van der Waals surface area contributed by atoms with Gasteiger partial charge in [0.2, 0.25) is 0 Å². The number of fused-ring (bicyclic) bond motifs is 1. The summed E-state index contributed by atoms with van der Waals surface area (Å²) in [5, 5.41) is 9.40. The van der Waals surface area contributed by atoms with Gasteiger partial charge in [-0.15, -0.1) is 0 Å². The second-order valence-corrected chi connectivity index (χ2v) is 3.36. The molecule has 0 bridgehead atoms. The number of aryl methyl sites for hydroxylation is 1. The first-order valence-electron chi connectivity index (χ1n) is 4.35. The van der Waals surface area contributed by atoms with Crippen molar-refractivity contribution in [1.29, 1.82) is 0 Å². The van der Waals surface area contributed by atoms with Crippen LogP contribution < -0.4 is 5.73 Å². The standard InChI is InChI=1S/C9H11N5O/c1-4(2)7-12-6(10)5-8(13-7)14(3)9(15)11-5/h1H2,2-3H3,(H,11,15)(H2,10,12,13). The van der Waals surface area contributed by atoms with Crippen LogP contribution >= 0.6 is 0 Å². The Kier molecular flexibility index (Phi) is 1.85. The number of imidazole rings is 1. The van der Waals surface area contributed by atoms with Crippen molar-refractivity contribution in [3.8, 4) is 6.01 Å². The summed E-state index contributed by atoms with van der Waals surface area (Å²) in [7, 11) is 1.65. The molecule has 3 N–H and O–H groups in total. The first kappa shape index (κ1) is 9.45. The highest BCUT2D eigenvalue weighted by molar-refractivity contribution is 5.84. The van der Waals surface area contributed by atoms with E-state index < -0.39 is 0 Å². The Balaban J connectivity index is 2.85. The van der Waals surface area contributed by atoms with E-state index in [2.05, 4.69) is 21.5 Å². The molecule has 0 amide bonds. The minimum Gasteiger partial charge on any atom is -0.480 e. The van der Waals surface area contributed by atoms with Gasteiger partial charge in [-0.1, -0.05) is 6.58 Å². The van der Waals surface area contributed by atoms with E-state index >= 15 is 0 Å². The molecule has 0 fully saturated rings. The zero-order valence-electron chi connectivity index (χ0n) is 8.52. The molecule has 0 aromatic carbocycles. The number of hydrogen-bond acceptors (Lipinski definition) is 5. The lowest BCUT2D eigenvalue weighted by atomic mass is 10.3. The SMILES string of the molecule is C=C(C)c1nc(N)c2nc(O)n(C)c2n1. The third kappa shape index (κ3) is 1.30. The fourth-order valence-corrected chi connectivity index (χ4v) is 1.26. The summed E-state index contributed by atoms with van der Waals surface area (Å²) in [5.41, 5.74) is 7.31. The number of aromatic nitrogens is 4. The normalized spacial score (nSPS) is 10.8. The summed E-state index contributed by atoms with van der Waals surface area (Å²) in [6.07, 6.45) is 0. The van der Waals surface area contributed by atoms with E-state index in [9.17, 15) is 5.11 Å². The summed E-state index contributed by atoms with van der Waals surface area (Å²) in [6, 6.07) is -0.134. The molecule has 78 valence electrons. The molecule has 2 heterocycles. The van der Waals surface area contributed by atoms with Crippen LogP contribution in [-0.2, 0) is 7.05 Å². The van der Waals surface area contributed by atoms with Crippen LogP contribution in [0.2, 0.25) is 0 Å². The molecule has 0 atom stereocenters. The largest absolute Gasteiger partial charge is 0.480 e. The van der Waals surface area contributed by atoms with E-state index in [1.54, 1.807) is 14.0 Å². The quantitative estimate of drug-likeness (QED) is 0.714. The minimum absolute atomic E-state index is 0.134. The van der Waals surface area contributed by atoms with Crippen LogP contribution in [0.25, 0.3) is 16.7 Å². The summed E-state index contributed by atoms with van der Waals surface area (Å²) in [6.45, 7) is 5.53. The molecular formula is C9H11N5O. The van der Waals surface area contributed by atoms with Crippen LogP contribution in [0.15, 0.2) is 6.58 Å². The van der Waals surface area contributed by atoms with Gasteiger partial charge in [0.25, 0.3) is 6.01 Å². The number of nitrogen functional groups attached to an aromatic ring is 1. The number of nitrogens with two attached hydrogens (primary N) is 1. The van der Waals surface area contributed by atoms with Crippen LogP contribution in [0.4, 0.5) is 5.82 Å². The molecule has 0 aliphatic rings. The van der Waals surface area contributed by atoms with Crippen molar-refractivity contribution in [2.45, 2.75) is 6.92 Å². The molecule has 0 spiro atoms. The Morgan fingerprint density at radius 2 is 2.07 bits per heavy atom. The summed E-state index contributed by atoms with van der Waals surface area (Å²) >= 11 is 0. The fourth-order valence-electron chi connectivity index (χ4n) is 1.26. The number of nitrogens with zero attached hydrogens (tertiary/aromatic N) is 4. The second-order valence-electron chi connectivity index (χ2n) is 3.36. The molecule has 0 aliphatic carbocycles. The molecule has 0 radical (unpaired) electrons. The van der Waals surface area contributed by atoms with Gasteiger partial charge in [0.15, 0.2) is 22.8 Å². The van der Waals surface area contributed by atoms with Crippen molar-refractivity contribution in [3.05, 3.63) is 12.4 Å². The lowest BCUT2D eigenvalue weighted by Crippen LogP contribution is -2.00.